The van der Waals surface area contributed by atoms with E-state index in [1.165, 1.54) is 17.0 Å². The monoisotopic (exact) mass is 455 g/mol. The third-order valence-corrected chi connectivity index (χ3v) is 6.19. The number of carbonyl (C=O) groups is 1. The summed E-state index contributed by atoms with van der Waals surface area (Å²) in [6.07, 6.45) is 2.29. The number of guanidine groups is 1. The molecule has 2 heterocycles. The number of nitrogens with two attached hydrogens (primary N) is 1. The Labute approximate surface area is 191 Å². The fourth-order valence-electron chi connectivity index (χ4n) is 4.66. The normalized spacial score (nSPS) is 22.6. The molecule has 0 saturated heterocycles. The first-order chi connectivity index (χ1) is 15.6. The maximum absolute atomic E-state index is 13.8. The lowest BCUT2D eigenvalue weighted by molar-refractivity contribution is -0.132. The van der Waals surface area contributed by atoms with Crippen molar-refractivity contribution in [3.8, 4) is 16.9 Å². The number of likely N-dealkylation sites (N-methyl/N-ethyl adjacent to an activating group) is 1. The molecule has 2 aliphatic rings. The molecule has 1 spiro atoms. The Morgan fingerprint density at radius 1 is 1.27 bits per heavy atom. The number of carbonyl (C=O) groups excluding carboxylic acids is 1. The van der Waals surface area contributed by atoms with Gasteiger partial charge in [0.15, 0.2) is 11.5 Å². The van der Waals surface area contributed by atoms with Crippen LogP contribution in [-0.2, 0) is 10.3 Å². The highest BCUT2D eigenvalue weighted by atomic mass is 19.1. The van der Waals surface area contributed by atoms with Crippen molar-refractivity contribution in [3.05, 3.63) is 65.2 Å². The Bertz CT molecular complexity index is 1140. The molecule has 8 heteroatoms. The Morgan fingerprint density at radius 3 is 2.55 bits per heavy atom. The predicted molar refractivity (Wildman–Crippen MR) is 122 cm³/mol. The highest BCUT2D eigenvalue weighted by Gasteiger charge is 2.54. The van der Waals surface area contributed by atoms with E-state index in [1.807, 2.05) is 19.9 Å². The number of benzene rings is 2. The number of aliphatic hydroxyl groups excluding tert-OH is 1. The largest absolute Gasteiger partial charge is 0.489 e. The Balaban J connectivity index is 1.86. The fraction of sp³-hybridized carbons (Fsp3) is 0.360. The topological polar surface area (TPSA) is 88.2 Å². The lowest BCUT2D eigenvalue weighted by atomic mass is 9.77. The van der Waals surface area contributed by atoms with Crippen LogP contribution in [-0.4, -0.2) is 41.6 Å². The lowest BCUT2D eigenvalue weighted by Crippen LogP contribution is -2.47. The van der Waals surface area contributed by atoms with Crippen LogP contribution in [0.1, 0.15) is 32.3 Å². The third kappa shape index (κ3) is 4.11. The van der Waals surface area contributed by atoms with E-state index in [0.717, 1.165) is 11.6 Å². The Morgan fingerprint density at radius 2 is 1.97 bits per heavy atom. The molecule has 33 heavy (non-hydrogen) atoms. The van der Waals surface area contributed by atoms with E-state index in [4.69, 9.17) is 10.5 Å². The average molecular weight is 456 g/mol. The van der Waals surface area contributed by atoms with Crippen molar-refractivity contribution in [1.29, 1.82) is 0 Å². The zero-order valence-corrected chi connectivity index (χ0v) is 18.8. The second-order valence-electron chi connectivity index (χ2n) is 8.84. The summed E-state index contributed by atoms with van der Waals surface area (Å²) in [4.78, 5) is 19.3. The molecule has 0 bridgehead atoms. The van der Waals surface area contributed by atoms with Gasteiger partial charge < -0.3 is 15.6 Å². The van der Waals surface area contributed by atoms with Gasteiger partial charge in [0, 0.05) is 37.6 Å². The number of allylic oxidation sites excluding steroid dienone is 1. The highest BCUT2D eigenvalue weighted by molar-refractivity contribution is 6.07. The van der Waals surface area contributed by atoms with Gasteiger partial charge in [-0.3, -0.25) is 9.69 Å². The van der Waals surface area contributed by atoms with Crippen LogP contribution < -0.4 is 10.5 Å². The molecule has 0 aromatic heterocycles. The molecule has 0 fully saturated rings. The van der Waals surface area contributed by atoms with Crippen molar-refractivity contribution in [1.82, 2.24) is 4.90 Å². The molecule has 3 unspecified atom stereocenters. The number of aliphatic hydroxyl groups is 1. The lowest BCUT2D eigenvalue weighted by Gasteiger charge is -2.39. The number of nitrogens with zero attached hydrogens (tertiary/aromatic N) is 2. The van der Waals surface area contributed by atoms with Crippen molar-refractivity contribution in [2.45, 2.75) is 38.3 Å². The van der Waals surface area contributed by atoms with Crippen LogP contribution in [0.4, 0.5) is 8.78 Å². The zero-order valence-electron chi connectivity index (χ0n) is 18.8. The van der Waals surface area contributed by atoms with E-state index < -0.39 is 23.3 Å². The van der Waals surface area contributed by atoms with Gasteiger partial charge in [-0.15, -0.1) is 0 Å². The number of ether oxygens (including phenoxy) is 1. The highest BCUT2D eigenvalue weighted by Crippen LogP contribution is 2.48. The maximum atomic E-state index is 13.8. The van der Waals surface area contributed by atoms with E-state index in [9.17, 15) is 18.7 Å². The first-order valence-electron chi connectivity index (χ1n) is 10.8. The van der Waals surface area contributed by atoms with Crippen LogP contribution in [0.2, 0.25) is 0 Å². The van der Waals surface area contributed by atoms with Gasteiger partial charge in [0.05, 0.1) is 0 Å². The first kappa shape index (κ1) is 22.9. The van der Waals surface area contributed by atoms with E-state index >= 15 is 0 Å². The Hall–Kier alpha value is -3.26. The fourth-order valence-corrected chi connectivity index (χ4v) is 4.66. The summed E-state index contributed by atoms with van der Waals surface area (Å²) in [5.41, 5.74) is 7.16. The van der Waals surface area contributed by atoms with Gasteiger partial charge >= 0.3 is 0 Å². The van der Waals surface area contributed by atoms with E-state index in [0.29, 0.717) is 28.9 Å². The Kier molecular flexibility index (Phi) is 5.97. The van der Waals surface area contributed by atoms with E-state index in [1.54, 1.807) is 25.2 Å². The number of hydrogen-bond acceptors (Lipinski definition) is 5. The third-order valence-electron chi connectivity index (χ3n) is 6.19. The summed E-state index contributed by atoms with van der Waals surface area (Å²) < 4.78 is 34.0. The predicted octanol–water partition coefficient (Wildman–Crippen LogP) is 3.73. The second kappa shape index (κ2) is 8.59. The number of fused-ring (bicyclic) bond motifs is 2. The summed E-state index contributed by atoms with van der Waals surface area (Å²) in [5, 5.41) is 9.61. The summed E-state index contributed by atoms with van der Waals surface area (Å²) in [5.74, 6) is -1.27. The molecule has 4 rings (SSSR count). The van der Waals surface area contributed by atoms with Gasteiger partial charge in [0.2, 0.25) is 0 Å². The van der Waals surface area contributed by atoms with Crippen molar-refractivity contribution >= 4 is 11.9 Å². The first-order valence-corrected chi connectivity index (χ1v) is 10.8. The molecule has 2 aromatic rings. The molecule has 3 N–H and O–H groups in total. The molecular formula is C25H27F2N3O3. The van der Waals surface area contributed by atoms with Crippen LogP contribution >= 0.6 is 0 Å². The molecule has 2 aromatic carbocycles. The number of amides is 1. The number of aliphatic imine (C=N–C) groups is 1. The SMILES string of the molecule is CC(C)=CC(CCO)C1CC2(N=C(N)N(C)C2=O)c2cc(-c3cc(F)cc(F)c3)ccc2O1. The number of halogens is 2. The molecule has 0 aliphatic carbocycles. The van der Waals surface area contributed by atoms with Crippen LogP contribution in [0.25, 0.3) is 11.1 Å². The molecule has 2 aliphatic heterocycles. The summed E-state index contributed by atoms with van der Waals surface area (Å²) >= 11 is 0. The van der Waals surface area contributed by atoms with E-state index in [-0.39, 0.29) is 30.8 Å². The van der Waals surface area contributed by atoms with Crippen LogP contribution in [0, 0.1) is 17.6 Å². The maximum Gasteiger partial charge on any atom is 0.261 e. The molecule has 0 radical (unpaired) electrons. The average Bonchev–Trinajstić information content (AvgIpc) is 2.96. The van der Waals surface area contributed by atoms with Crippen molar-refractivity contribution in [3.63, 3.8) is 0 Å². The quantitative estimate of drug-likeness (QED) is 0.673. The standard InChI is InChI=1S/C25H27F2N3O3/c1-14(2)8-16(6-7-31)22-13-25(23(32)30(3)24(28)29-25)20-11-15(4-5-21(20)33-22)17-9-18(26)12-19(27)10-17/h4-5,8-12,16,22,31H,6-7,13H2,1-3H3,(H2,28,29). The molecule has 0 saturated carbocycles. The molecule has 3 atom stereocenters. The number of rotatable bonds is 5. The van der Waals surface area contributed by atoms with Crippen molar-refractivity contribution < 1.29 is 23.4 Å². The molecule has 6 nitrogen and oxygen atoms in total. The van der Waals surface area contributed by atoms with E-state index in [2.05, 4.69) is 4.99 Å². The van der Waals surface area contributed by atoms with Gasteiger partial charge in [-0.05, 0) is 55.7 Å². The minimum atomic E-state index is -1.32. The van der Waals surface area contributed by atoms with Gasteiger partial charge in [-0.2, -0.15) is 0 Å². The summed E-state index contributed by atoms with van der Waals surface area (Å²) in [6, 6.07) is 8.35. The molecular weight excluding hydrogens is 428 g/mol. The zero-order chi connectivity index (χ0) is 23.9. The second-order valence-corrected chi connectivity index (χ2v) is 8.84. The van der Waals surface area contributed by atoms with Crippen molar-refractivity contribution in [2.75, 3.05) is 13.7 Å². The molecule has 1 amide bonds. The van der Waals surface area contributed by atoms with Gasteiger partial charge in [0.1, 0.15) is 23.5 Å². The van der Waals surface area contributed by atoms with Crippen LogP contribution in [0.5, 0.6) is 5.75 Å². The van der Waals surface area contributed by atoms with Gasteiger partial charge in [-0.25, -0.2) is 13.8 Å². The minimum Gasteiger partial charge on any atom is -0.489 e. The summed E-state index contributed by atoms with van der Waals surface area (Å²) in [6.45, 7) is 3.90. The smallest absolute Gasteiger partial charge is 0.261 e. The minimum absolute atomic E-state index is 0.0303. The molecule has 174 valence electrons. The summed E-state index contributed by atoms with van der Waals surface area (Å²) in [7, 11) is 1.56. The van der Waals surface area contributed by atoms with Crippen LogP contribution in [0.3, 0.4) is 0 Å². The van der Waals surface area contributed by atoms with Crippen molar-refractivity contribution in [2.24, 2.45) is 16.6 Å². The van der Waals surface area contributed by atoms with Gasteiger partial charge in [0.25, 0.3) is 5.91 Å². The van der Waals surface area contributed by atoms with Gasteiger partial charge in [-0.1, -0.05) is 17.7 Å². The van der Waals surface area contributed by atoms with Crippen LogP contribution in [0.15, 0.2) is 53.0 Å². The number of hydrogen-bond donors (Lipinski definition) is 2.